The summed E-state index contributed by atoms with van der Waals surface area (Å²) >= 11 is 0. The zero-order valence-corrected chi connectivity index (χ0v) is 46.5. The Bertz CT molecular complexity index is 1600. The first-order valence-corrected chi connectivity index (χ1v) is 29.3. The van der Waals surface area contributed by atoms with E-state index in [1.165, 1.54) is 51.4 Å². The van der Waals surface area contributed by atoms with Gasteiger partial charge in [-0.05, 0) is 109 Å². The number of ether oxygens (including phenoxy) is 4. The first kappa shape index (κ1) is 68.3. The molecule has 74 heavy (non-hydrogen) atoms. The van der Waals surface area contributed by atoms with Gasteiger partial charge < -0.3 is 39.4 Å². The summed E-state index contributed by atoms with van der Waals surface area (Å²) in [7, 11) is 0. The minimum Gasteiger partial charge on any atom is -0.457 e. The van der Waals surface area contributed by atoms with Crippen LogP contribution in [0.4, 0.5) is 0 Å². The van der Waals surface area contributed by atoms with Crippen molar-refractivity contribution in [2.45, 2.75) is 243 Å². The molecule has 0 spiro atoms. The molecule has 1 aliphatic rings. The van der Waals surface area contributed by atoms with E-state index in [0.717, 1.165) is 135 Å². The Morgan fingerprint density at radius 2 is 0.784 bits per heavy atom. The molecule has 0 aromatic carbocycles. The lowest BCUT2D eigenvalue weighted by Gasteiger charge is -2.39. The number of carbonyl (C=O) groups excluding carboxylic acids is 1. The van der Waals surface area contributed by atoms with Crippen LogP contribution in [0, 0.1) is 0 Å². The maximum absolute atomic E-state index is 12.9. The van der Waals surface area contributed by atoms with Crippen molar-refractivity contribution in [2.24, 2.45) is 0 Å². The van der Waals surface area contributed by atoms with Gasteiger partial charge in [-0.2, -0.15) is 0 Å². The number of esters is 1. The Labute approximate surface area is 451 Å². The van der Waals surface area contributed by atoms with Gasteiger partial charge in [0.2, 0.25) is 0 Å². The summed E-state index contributed by atoms with van der Waals surface area (Å²) in [5.74, 6) is -0.334. The van der Waals surface area contributed by atoms with E-state index in [1.54, 1.807) is 0 Å². The van der Waals surface area contributed by atoms with Crippen LogP contribution < -0.4 is 0 Å². The van der Waals surface area contributed by atoms with Crippen LogP contribution in [0.1, 0.15) is 206 Å². The lowest BCUT2D eigenvalue weighted by molar-refractivity contribution is -0.305. The lowest BCUT2D eigenvalue weighted by atomic mass is 9.99. The van der Waals surface area contributed by atoms with Gasteiger partial charge in [0.25, 0.3) is 0 Å². The molecule has 0 aliphatic carbocycles. The number of allylic oxidation sites excluding steroid dienone is 22. The highest BCUT2D eigenvalue weighted by atomic mass is 16.7. The molecule has 6 atom stereocenters. The summed E-state index contributed by atoms with van der Waals surface area (Å²) in [5.41, 5.74) is 0. The molecule has 420 valence electrons. The number of carbonyl (C=O) groups is 1. The fourth-order valence-corrected chi connectivity index (χ4v) is 8.11. The Balaban J connectivity index is 2.19. The zero-order chi connectivity index (χ0) is 53.5. The molecule has 1 fully saturated rings. The number of aliphatic hydroxyl groups is 4. The molecule has 1 heterocycles. The molecule has 0 aromatic heterocycles. The molecule has 4 N–H and O–H groups in total. The summed E-state index contributed by atoms with van der Waals surface area (Å²) in [4.78, 5) is 12.9. The second-order valence-electron chi connectivity index (χ2n) is 19.3. The molecule has 0 aromatic rings. The average molecular weight is 1030 g/mol. The topological polar surface area (TPSA) is 135 Å². The average Bonchev–Trinajstić information content (AvgIpc) is 3.40. The molecule has 1 saturated heterocycles. The van der Waals surface area contributed by atoms with E-state index in [9.17, 15) is 25.2 Å². The molecule has 0 bridgehead atoms. The number of aliphatic hydroxyl groups excluding tert-OH is 4. The van der Waals surface area contributed by atoms with E-state index in [0.29, 0.717) is 13.0 Å². The van der Waals surface area contributed by atoms with Gasteiger partial charge >= 0.3 is 5.97 Å². The van der Waals surface area contributed by atoms with Gasteiger partial charge in [0, 0.05) is 13.0 Å². The van der Waals surface area contributed by atoms with Crippen LogP contribution in [0.5, 0.6) is 0 Å². The standard InChI is InChI=1S/C65H106O9/c1-3-5-7-9-11-13-15-17-19-21-23-25-27-29-31-33-35-37-39-41-43-45-47-49-51-53-55-71-57-59(58-72-65-64(70)63(69)62(68)60(56-66)74-65)73-61(67)54-52-50-48-46-44-42-40-38-36-34-32-30-28-26-24-22-20-18-16-14-12-10-8-6-4-2/h5-8,11-14,17-20,23-26,29-32,36,38,59-60,62-66,68-70H,3-4,9-10,15-16,21-22,27-28,33-35,37,39-58H2,1-2H3/b7-5-,8-6-,13-11-,14-12-,19-17-,20-18-,25-23-,26-24-,31-29-,32-30-,38-36-. The zero-order valence-electron chi connectivity index (χ0n) is 46.5. The van der Waals surface area contributed by atoms with Crippen LogP contribution in [0.2, 0.25) is 0 Å². The number of hydrogen-bond acceptors (Lipinski definition) is 9. The molecule has 0 amide bonds. The molecule has 1 aliphatic heterocycles. The van der Waals surface area contributed by atoms with Crippen molar-refractivity contribution < 1.29 is 44.2 Å². The summed E-state index contributed by atoms with van der Waals surface area (Å²) < 4.78 is 23.0. The quantitative estimate of drug-likeness (QED) is 0.0267. The Morgan fingerprint density at radius 1 is 0.432 bits per heavy atom. The van der Waals surface area contributed by atoms with E-state index in [2.05, 4.69) is 148 Å². The van der Waals surface area contributed by atoms with Crippen LogP contribution >= 0.6 is 0 Å². The first-order chi connectivity index (χ1) is 36.4. The molecule has 0 radical (unpaired) electrons. The fourth-order valence-electron chi connectivity index (χ4n) is 8.11. The maximum atomic E-state index is 12.9. The highest BCUT2D eigenvalue weighted by Crippen LogP contribution is 2.23. The van der Waals surface area contributed by atoms with E-state index in [-0.39, 0.29) is 19.2 Å². The van der Waals surface area contributed by atoms with Crippen molar-refractivity contribution in [3.05, 3.63) is 134 Å². The van der Waals surface area contributed by atoms with Gasteiger partial charge in [-0.25, -0.2) is 0 Å². The first-order valence-electron chi connectivity index (χ1n) is 29.3. The van der Waals surface area contributed by atoms with Crippen molar-refractivity contribution in [1.82, 2.24) is 0 Å². The SMILES string of the molecule is CC/C=C\C/C=C\C/C=C\C/C=C\C/C=C\C/C=C\CCCCCCCCC(=O)OC(COCCCCCCCCCCCC/C=C\C/C=C\C/C=C\C/C=C\C/C=C\CC)COC1OC(CO)C(O)C(O)C1O. The fraction of sp³-hybridized carbons (Fsp3) is 0.646. The molecular formula is C65H106O9. The monoisotopic (exact) mass is 1030 g/mol. The highest BCUT2D eigenvalue weighted by Gasteiger charge is 2.44. The molecule has 1 rings (SSSR count). The van der Waals surface area contributed by atoms with Crippen LogP contribution in [0.25, 0.3) is 0 Å². The van der Waals surface area contributed by atoms with Crippen LogP contribution in [0.3, 0.4) is 0 Å². The van der Waals surface area contributed by atoms with E-state index < -0.39 is 43.4 Å². The highest BCUT2D eigenvalue weighted by molar-refractivity contribution is 5.69. The smallest absolute Gasteiger partial charge is 0.306 e. The molecule has 0 saturated carbocycles. The van der Waals surface area contributed by atoms with Crippen LogP contribution in [-0.4, -0.2) is 89.6 Å². The molecular weight excluding hydrogens is 925 g/mol. The van der Waals surface area contributed by atoms with Gasteiger partial charge in [0.05, 0.1) is 19.8 Å². The third-order valence-electron chi connectivity index (χ3n) is 12.6. The maximum Gasteiger partial charge on any atom is 0.306 e. The van der Waals surface area contributed by atoms with Crippen LogP contribution in [-0.2, 0) is 23.7 Å². The summed E-state index contributed by atoms with van der Waals surface area (Å²) in [5, 5.41) is 40.4. The van der Waals surface area contributed by atoms with Crippen molar-refractivity contribution in [3.63, 3.8) is 0 Å². The summed E-state index contributed by atoms with van der Waals surface area (Å²) in [6.45, 7) is 4.29. The molecule has 6 unspecified atom stereocenters. The Hall–Kier alpha value is -3.67. The minimum absolute atomic E-state index is 0.126. The van der Waals surface area contributed by atoms with Gasteiger partial charge in [-0.3, -0.25) is 4.79 Å². The predicted molar refractivity (Wildman–Crippen MR) is 311 cm³/mol. The molecule has 9 heteroatoms. The van der Waals surface area contributed by atoms with Crippen molar-refractivity contribution >= 4 is 5.97 Å². The van der Waals surface area contributed by atoms with E-state index >= 15 is 0 Å². The predicted octanol–water partition coefficient (Wildman–Crippen LogP) is 15.6. The van der Waals surface area contributed by atoms with Crippen LogP contribution in [0.15, 0.2) is 134 Å². The Morgan fingerprint density at radius 3 is 1.18 bits per heavy atom. The second kappa shape index (κ2) is 54.1. The van der Waals surface area contributed by atoms with E-state index in [1.807, 2.05) is 0 Å². The normalized spacial score (nSPS) is 19.6. The minimum atomic E-state index is -1.55. The van der Waals surface area contributed by atoms with Crippen molar-refractivity contribution in [2.75, 3.05) is 26.4 Å². The lowest BCUT2D eigenvalue weighted by Crippen LogP contribution is -2.59. The number of unbranched alkanes of at least 4 members (excludes halogenated alkanes) is 16. The van der Waals surface area contributed by atoms with Gasteiger partial charge in [-0.15, -0.1) is 0 Å². The molecule has 9 nitrogen and oxygen atoms in total. The number of rotatable bonds is 49. The van der Waals surface area contributed by atoms with Crippen molar-refractivity contribution in [3.8, 4) is 0 Å². The summed E-state index contributed by atoms with van der Waals surface area (Å²) in [6.07, 6.45) is 73.5. The number of hydrogen-bond donors (Lipinski definition) is 4. The second-order valence-corrected chi connectivity index (χ2v) is 19.3. The van der Waals surface area contributed by atoms with Crippen molar-refractivity contribution in [1.29, 1.82) is 0 Å². The van der Waals surface area contributed by atoms with Gasteiger partial charge in [0.15, 0.2) is 6.29 Å². The van der Waals surface area contributed by atoms with Gasteiger partial charge in [0.1, 0.15) is 30.5 Å². The third kappa shape index (κ3) is 43.6. The van der Waals surface area contributed by atoms with E-state index in [4.69, 9.17) is 18.9 Å². The summed E-state index contributed by atoms with van der Waals surface area (Å²) in [6, 6.07) is 0. The third-order valence-corrected chi connectivity index (χ3v) is 12.6. The largest absolute Gasteiger partial charge is 0.457 e. The Kier molecular flexibility index (Phi) is 50.0. The van der Waals surface area contributed by atoms with Gasteiger partial charge in [-0.1, -0.05) is 225 Å².